The van der Waals surface area contributed by atoms with Gasteiger partial charge in [-0.05, 0) is 37.1 Å². The van der Waals surface area contributed by atoms with Gasteiger partial charge in [-0.2, -0.15) is 13.2 Å². The number of hydrogen-bond donors (Lipinski definition) is 1. The van der Waals surface area contributed by atoms with Crippen LogP contribution in [0.1, 0.15) is 24.5 Å². The van der Waals surface area contributed by atoms with Gasteiger partial charge in [0.1, 0.15) is 5.82 Å². The van der Waals surface area contributed by atoms with Crippen molar-refractivity contribution < 1.29 is 13.2 Å². The van der Waals surface area contributed by atoms with Crippen LogP contribution in [0, 0.1) is 6.92 Å². The van der Waals surface area contributed by atoms with Crippen molar-refractivity contribution in [3.05, 3.63) is 34.3 Å². The second-order valence-electron chi connectivity index (χ2n) is 4.60. The van der Waals surface area contributed by atoms with Crippen molar-refractivity contribution in [3.63, 3.8) is 0 Å². The van der Waals surface area contributed by atoms with Crippen LogP contribution in [0.2, 0.25) is 5.02 Å². The van der Waals surface area contributed by atoms with E-state index in [1.165, 1.54) is 6.07 Å². The Morgan fingerprint density at radius 3 is 2.55 bits per heavy atom. The van der Waals surface area contributed by atoms with Gasteiger partial charge in [0.2, 0.25) is 0 Å². The molecule has 0 aliphatic carbocycles. The van der Waals surface area contributed by atoms with Gasteiger partial charge in [0, 0.05) is 17.0 Å². The third kappa shape index (κ3) is 2.98. The molecule has 0 radical (unpaired) electrons. The van der Waals surface area contributed by atoms with E-state index in [9.17, 15) is 13.2 Å². The fourth-order valence-electron chi connectivity index (χ4n) is 2.00. The summed E-state index contributed by atoms with van der Waals surface area (Å²) in [6.45, 7) is 4.44. The van der Waals surface area contributed by atoms with Crippen LogP contribution in [0.15, 0.2) is 18.2 Å². The maximum atomic E-state index is 13.1. The van der Waals surface area contributed by atoms with Gasteiger partial charge in [-0.3, -0.25) is 0 Å². The maximum absolute atomic E-state index is 13.1. The lowest BCUT2D eigenvalue weighted by Gasteiger charge is -2.14. The van der Waals surface area contributed by atoms with Crippen molar-refractivity contribution >= 4 is 28.3 Å². The third-order valence-corrected chi connectivity index (χ3v) is 3.14. The highest BCUT2D eigenvalue weighted by Gasteiger charge is 2.34. The minimum Gasteiger partial charge on any atom is -0.370 e. The molecule has 0 saturated heterocycles. The van der Waals surface area contributed by atoms with Gasteiger partial charge in [0.05, 0.1) is 11.1 Å². The van der Waals surface area contributed by atoms with E-state index in [2.05, 4.69) is 10.3 Å². The molecule has 0 bridgehead atoms. The zero-order valence-corrected chi connectivity index (χ0v) is 11.9. The number of aryl methyl sites for hydroxylation is 1. The highest BCUT2D eigenvalue weighted by molar-refractivity contribution is 6.31. The molecule has 1 heterocycles. The standard InChI is InChI=1S/C14H14ClF3N2/c1-3-4-19-13-8(2)5-9-6-10(15)7-11(12(9)20-13)14(16,17)18/h5-7H,3-4H2,1-2H3,(H,19,20). The van der Waals surface area contributed by atoms with Crippen molar-refractivity contribution in [2.24, 2.45) is 0 Å². The van der Waals surface area contributed by atoms with Crippen molar-refractivity contribution in [3.8, 4) is 0 Å². The van der Waals surface area contributed by atoms with Crippen molar-refractivity contribution in [2.75, 3.05) is 11.9 Å². The van der Waals surface area contributed by atoms with Crippen LogP contribution >= 0.6 is 11.6 Å². The van der Waals surface area contributed by atoms with Gasteiger partial charge >= 0.3 is 6.18 Å². The van der Waals surface area contributed by atoms with Crippen molar-refractivity contribution in [2.45, 2.75) is 26.4 Å². The monoisotopic (exact) mass is 302 g/mol. The topological polar surface area (TPSA) is 24.9 Å². The molecule has 0 unspecified atom stereocenters. The summed E-state index contributed by atoms with van der Waals surface area (Å²) in [5.41, 5.74) is -0.0907. The molecule has 2 rings (SSSR count). The average Bonchev–Trinajstić information content (AvgIpc) is 2.34. The number of nitrogens with zero attached hydrogens (tertiary/aromatic N) is 1. The Balaban J connectivity index is 2.67. The van der Waals surface area contributed by atoms with Crippen molar-refractivity contribution in [1.82, 2.24) is 4.98 Å². The van der Waals surface area contributed by atoms with Crippen molar-refractivity contribution in [1.29, 1.82) is 0 Å². The number of fused-ring (bicyclic) bond motifs is 1. The van der Waals surface area contributed by atoms with Crippen LogP contribution in [0.25, 0.3) is 10.9 Å². The van der Waals surface area contributed by atoms with E-state index in [1.807, 2.05) is 6.92 Å². The van der Waals surface area contributed by atoms with Gasteiger partial charge in [-0.15, -0.1) is 0 Å². The number of benzene rings is 1. The van der Waals surface area contributed by atoms with Gasteiger partial charge < -0.3 is 5.32 Å². The van der Waals surface area contributed by atoms with E-state index in [0.29, 0.717) is 17.7 Å². The van der Waals surface area contributed by atoms with Crippen LogP contribution in [0.3, 0.4) is 0 Å². The molecular formula is C14H14ClF3N2. The Labute approximate surface area is 120 Å². The molecule has 0 saturated carbocycles. The molecule has 0 spiro atoms. The molecule has 20 heavy (non-hydrogen) atoms. The first-order valence-corrected chi connectivity index (χ1v) is 6.62. The number of anilines is 1. The summed E-state index contributed by atoms with van der Waals surface area (Å²) in [6.07, 6.45) is -3.61. The lowest BCUT2D eigenvalue weighted by Crippen LogP contribution is -2.09. The van der Waals surface area contributed by atoms with Crippen LogP contribution in [-0.4, -0.2) is 11.5 Å². The summed E-state index contributed by atoms with van der Waals surface area (Å²) in [5, 5.41) is 3.49. The van der Waals surface area contributed by atoms with Crippen LogP contribution < -0.4 is 5.32 Å². The molecule has 2 aromatic rings. The van der Waals surface area contributed by atoms with E-state index < -0.39 is 11.7 Å². The number of rotatable bonds is 3. The van der Waals surface area contributed by atoms with Crippen LogP contribution in [0.5, 0.6) is 0 Å². The number of aromatic nitrogens is 1. The molecule has 1 N–H and O–H groups in total. The second kappa shape index (κ2) is 5.48. The first-order chi connectivity index (χ1) is 9.32. The largest absolute Gasteiger partial charge is 0.418 e. The maximum Gasteiger partial charge on any atom is 0.418 e. The first kappa shape index (κ1) is 14.9. The molecule has 0 amide bonds. The summed E-state index contributed by atoms with van der Waals surface area (Å²) < 4.78 is 39.2. The Morgan fingerprint density at radius 1 is 1.25 bits per heavy atom. The summed E-state index contributed by atoms with van der Waals surface area (Å²) in [4.78, 5) is 4.13. The molecule has 108 valence electrons. The lowest BCUT2D eigenvalue weighted by atomic mass is 10.1. The summed E-state index contributed by atoms with van der Waals surface area (Å²) >= 11 is 5.76. The molecule has 0 aliphatic rings. The minimum atomic E-state index is -4.48. The van der Waals surface area contributed by atoms with Gasteiger partial charge in [0.15, 0.2) is 0 Å². The van der Waals surface area contributed by atoms with Gasteiger partial charge in [0.25, 0.3) is 0 Å². The molecule has 2 nitrogen and oxygen atoms in total. The molecule has 0 aliphatic heterocycles. The minimum absolute atomic E-state index is 0.0558. The quantitative estimate of drug-likeness (QED) is 0.859. The van der Waals surface area contributed by atoms with E-state index in [0.717, 1.165) is 18.1 Å². The zero-order valence-electron chi connectivity index (χ0n) is 11.1. The number of alkyl halides is 3. The first-order valence-electron chi connectivity index (χ1n) is 6.25. The molecule has 1 aromatic heterocycles. The number of nitrogens with one attached hydrogen (secondary N) is 1. The summed E-state index contributed by atoms with van der Waals surface area (Å²) in [5.74, 6) is 0.479. The summed E-state index contributed by atoms with van der Waals surface area (Å²) in [6, 6.07) is 4.08. The SMILES string of the molecule is CCCNc1nc2c(C(F)(F)F)cc(Cl)cc2cc1C. The van der Waals surface area contributed by atoms with Crippen LogP contribution in [0.4, 0.5) is 19.0 Å². The van der Waals surface area contributed by atoms with E-state index >= 15 is 0 Å². The molecule has 1 aromatic carbocycles. The normalized spacial score (nSPS) is 11.9. The average molecular weight is 303 g/mol. The van der Waals surface area contributed by atoms with E-state index in [4.69, 9.17) is 11.6 Å². The highest BCUT2D eigenvalue weighted by Crippen LogP contribution is 2.37. The highest BCUT2D eigenvalue weighted by atomic mass is 35.5. The Morgan fingerprint density at radius 2 is 1.95 bits per heavy atom. The predicted molar refractivity (Wildman–Crippen MR) is 75.3 cm³/mol. The zero-order chi connectivity index (χ0) is 14.9. The number of pyridine rings is 1. The molecule has 0 fully saturated rings. The summed E-state index contributed by atoms with van der Waals surface area (Å²) in [7, 11) is 0. The smallest absolute Gasteiger partial charge is 0.370 e. The van der Waals surface area contributed by atoms with Crippen LogP contribution in [-0.2, 0) is 6.18 Å². The Hall–Kier alpha value is -1.49. The number of halogens is 4. The predicted octanol–water partition coefficient (Wildman–Crippen LogP) is 5.04. The fourth-order valence-corrected chi connectivity index (χ4v) is 2.22. The second-order valence-corrected chi connectivity index (χ2v) is 5.04. The Kier molecular flexibility index (Phi) is 4.09. The molecule has 0 atom stereocenters. The fraction of sp³-hybridized carbons (Fsp3) is 0.357. The number of hydrogen-bond acceptors (Lipinski definition) is 2. The molecule has 6 heteroatoms. The van der Waals surface area contributed by atoms with Gasteiger partial charge in [-0.25, -0.2) is 4.98 Å². The van der Waals surface area contributed by atoms with E-state index in [-0.39, 0.29) is 10.5 Å². The lowest BCUT2D eigenvalue weighted by molar-refractivity contribution is -0.136. The third-order valence-electron chi connectivity index (χ3n) is 2.92. The molecular weight excluding hydrogens is 289 g/mol. The van der Waals surface area contributed by atoms with E-state index in [1.54, 1.807) is 13.0 Å². The van der Waals surface area contributed by atoms with Gasteiger partial charge in [-0.1, -0.05) is 18.5 Å². The Bertz CT molecular complexity index is 638.